The minimum Gasteiger partial charge on any atom is -0.497 e. The van der Waals surface area contributed by atoms with Gasteiger partial charge in [0.25, 0.3) is 5.91 Å². The lowest BCUT2D eigenvalue weighted by molar-refractivity contribution is -0.153. The van der Waals surface area contributed by atoms with Crippen LogP contribution in [0.4, 0.5) is 0 Å². The molecule has 1 saturated heterocycles. The molecule has 1 heterocycles. The molecule has 8 heteroatoms. The minimum absolute atomic E-state index is 0.0961. The summed E-state index contributed by atoms with van der Waals surface area (Å²) in [5, 5.41) is 0. The Bertz CT molecular complexity index is 620. The van der Waals surface area contributed by atoms with E-state index in [9.17, 15) is 14.4 Å². The second-order valence-corrected chi connectivity index (χ2v) is 6.67. The lowest BCUT2D eigenvalue weighted by Gasteiger charge is -2.33. The summed E-state index contributed by atoms with van der Waals surface area (Å²) in [7, 11) is 1.58. The van der Waals surface area contributed by atoms with Gasteiger partial charge in [-0.2, -0.15) is 0 Å². The summed E-state index contributed by atoms with van der Waals surface area (Å²) in [4.78, 5) is 37.7. The van der Waals surface area contributed by atoms with Crippen molar-refractivity contribution in [3.63, 3.8) is 0 Å². The molecule has 0 spiro atoms. The minimum atomic E-state index is -0.603. The third-order valence-corrected chi connectivity index (χ3v) is 4.91. The van der Waals surface area contributed by atoms with Gasteiger partial charge in [-0.1, -0.05) is 0 Å². The van der Waals surface area contributed by atoms with Gasteiger partial charge in [0.1, 0.15) is 11.8 Å². The van der Waals surface area contributed by atoms with E-state index in [1.165, 1.54) is 16.7 Å². The molecule has 0 aliphatic carbocycles. The standard InChI is InChI=1S/C17H22N2O5S/c1-23-12-5-7-13(8-6-12)25-11-16(21)24-10-15(20)19-9-3-2-4-14(19)17(18)22/h5-8,14H,2-4,9-11H2,1H3,(H2,18,22)/t14-/m0/s1. The van der Waals surface area contributed by atoms with Crippen molar-refractivity contribution in [2.75, 3.05) is 26.0 Å². The SMILES string of the molecule is COc1ccc(SCC(=O)OCC(=O)N2CCCC[C@H]2C(N)=O)cc1. The average molecular weight is 366 g/mol. The highest BCUT2D eigenvalue weighted by Crippen LogP contribution is 2.21. The number of ether oxygens (including phenoxy) is 2. The van der Waals surface area contributed by atoms with Crippen molar-refractivity contribution in [1.29, 1.82) is 0 Å². The molecule has 0 saturated carbocycles. The number of hydrogen-bond acceptors (Lipinski definition) is 6. The number of carbonyl (C=O) groups is 3. The lowest BCUT2D eigenvalue weighted by atomic mass is 10.0. The first-order valence-electron chi connectivity index (χ1n) is 8.02. The molecule has 0 aromatic heterocycles. The molecule has 1 aromatic carbocycles. The van der Waals surface area contributed by atoms with Crippen LogP contribution in [-0.2, 0) is 19.1 Å². The summed E-state index contributed by atoms with van der Waals surface area (Å²) in [6.07, 6.45) is 2.23. The topological polar surface area (TPSA) is 98.9 Å². The molecule has 2 amide bonds. The van der Waals surface area contributed by atoms with Gasteiger partial charge < -0.3 is 20.1 Å². The number of amides is 2. The van der Waals surface area contributed by atoms with Crippen LogP contribution in [0.3, 0.4) is 0 Å². The molecule has 1 aliphatic rings. The van der Waals surface area contributed by atoms with Crippen molar-refractivity contribution in [3.05, 3.63) is 24.3 Å². The number of primary amides is 1. The first-order chi connectivity index (χ1) is 12.0. The van der Waals surface area contributed by atoms with Crippen LogP contribution in [0.1, 0.15) is 19.3 Å². The summed E-state index contributed by atoms with van der Waals surface area (Å²) in [6.45, 7) is 0.0936. The maximum Gasteiger partial charge on any atom is 0.316 e. The highest BCUT2D eigenvalue weighted by molar-refractivity contribution is 8.00. The Morgan fingerprint density at radius 3 is 2.60 bits per heavy atom. The van der Waals surface area contributed by atoms with E-state index in [4.69, 9.17) is 15.2 Å². The van der Waals surface area contributed by atoms with Crippen LogP contribution in [0.2, 0.25) is 0 Å². The van der Waals surface area contributed by atoms with Crippen molar-refractivity contribution >= 4 is 29.5 Å². The van der Waals surface area contributed by atoms with Gasteiger partial charge in [0.15, 0.2) is 6.61 Å². The number of methoxy groups -OCH3 is 1. The highest BCUT2D eigenvalue weighted by Gasteiger charge is 2.30. The second-order valence-electron chi connectivity index (χ2n) is 5.63. The van der Waals surface area contributed by atoms with Crippen LogP contribution in [0.25, 0.3) is 0 Å². The molecule has 0 radical (unpaired) electrons. The summed E-state index contributed by atoms with van der Waals surface area (Å²) < 4.78 is 10.1. The first kappa shape index (κ1) is 19.1. The lowest BCUT2D eigenvalue weighted by Crippen LogP contribution is -2.51. The Balaban J connectivity index is 1.76. The molecule has 1 aromatic rings. The molecule has 2 N–H and O–H groups in total. The Labute approximate surface area is 150 Å². The van der Waals surface area contributed by atoms with Crippen LogP contribution >= 0.6 is 11.8 Å². The molecule has 7 nitrogen and oxygen atoms in total. The van der Waals surface area contributed by atoms with Gasteiger partial charge in [-0.05, 0) is 43.5 Å². The molecule has 1 atom stereocenters. The Hall–Kier alpha value is -2.22. The van der Waals surface area contributed by atoms with Crippen molar-refractivity contribution in [2.24, 2.45) is 5.73 Å². The van der Waals surface area contributed by atoms with E-state index in [2.05, 4.69) is 0 Å². The fraction of sp³-hybridized carbons (Fsp3) is 0.471. The van der Waals surface area contributed by atoms with Gasteiger partial charge in [-0.25, -0.2) is 0 Å². The largest absolute Gasteiger partial charge is 0.497 e. The van der Waals surface area contributed by atoms with Gasteiger partial charge in [-0.15, -0.1) is 11.8 Å². The van der Waals surface area contributed by atoms with Crippen molar-refractivity contribution < 1.29 is 23.9 Å². The smallest absolute Gasteiger partial charge is 0.316 e. The molecular formula is C17H22N2O5S. The molecular weight excluding hydrogens is 344 g/mol. The predicted molar refractivity (Wildman–Crippen MR) is 93.2 cm³/mol. The van der Waals surface area contributed by atoms with E-state index in [0.29, 0.717) is 13.0 Å². The van der Waals surface area contributed by atoms with Gasteiger partial charge in [-0.3, -0.25) is 14.4 Å². The number of esters is 1. The number of nitrogens with zero attached hydrogens (tertiary/aromatic N) is 1. The van der Waals surface area contributed by atoms with E-state index < -0.39 is 17.9 Å². The van der Waals surface area contributed by atoms with E-state index in [-0.39, 0.29) is 18.3 Å². The van der Waals surface area contributed by atoms with E-state index in [1.54, 1.807) is 19.2 Å². The first-order valence-corrected chi connectivity index (χ1v) is 9.01. The molecule has 1 aliphatic heterocycles. The Morgan fingerprint density at radius 2 is 1.96 bits per heavy atom. The highest BCUT2D eigenvalue weighted by atomic mass is 32.2. The van der Waals surface area contributed by atoms with E-state index in [1.807, 2.05) is 12.1 Å². The van der Waals surface area contributed by atoms with Gasteiger partial charge >= 0.3 is 5.97 Å². The quantitative estimate of drug-likeness (QED) is 0.575. The van der Waals surface area contributed by atoms with E-state index >= 15 is 0 Å². The van der Waals surface area contributed by atoms with Crippen molar-refractivity contribution in [1.82, 2.24) is 4.90 Å². The third kappa shape index (κ3) is 5.67. The zero-order valence-electron chi connectivity index (χ0n) is 14.1. The van der Waals surface area contributed by atoms with Crippen LogP contribution < -0.4 is 10.5 Å². The number of hydrogen-bond donors (Lipinski definition) is 1. The normalized spacial score (nSPS) is 17.0. The molecule has 0 bridgehead atoms. The molecule has 2 rings (SSSR count). The number of thioether (sulfide) groups is 1. The number of benzene rings is 1. The van der Waals surface area contributed by atoms with Crippen LogP contribution in [0.15, 0.2) is 29.2 Å². The summed E-state index contributed by atoms with van der Waals surface area (Å²) >= 11 is 1.31. The van der Waals surface area contributed by atoms with Gasteiger partial charge in [0.05, 0.1) is 12.9 Å². The Morgan fingerprint density at radius 1 is 1.24 bits per heavy atom. The molecule has 25 heavy (non-hydrogen) atoms. The number of likely N-dealkylation sites (tertiary alicyclic amines) is 1. The van der Waals surface area contributed by atoms with Crippen molar-refractivity contribution in [3.8, 4) is 5.75 Å². The maximum atomic E-state index is 12.2. The van der Waals surface area contributed by atoms with E-state index in [0.717, 1.165) is 23.5 Å². The Kier molecular flexibility index (Phi) is 7.12. The summed E-state index contributed by atoms with van der Waals surface area (Å²) in [5.74, 6) is -0.552. The maximum absolute atomic E-state index is 12.2. The predicted octanol–water partition coefficient (Wildman–Crippen LogP) is 1.20. The average Bonchev–Trinajstić information content (AvgIpc) is 2.64. The van der Waals surface area contributed by atoms with Gasteiger partial charge in [0, 0.05) is 11.4 Å². The number of rotatable bonds is 7. The summed E-state index contributed by atoms with van der Waals surface area (Å²) in [6, 6.07) is 6.68. The molecule has 0 unspecified atom stereocenters. The zero-order valence-corrected chi connectivity index (χ0v) is 14.9. The van der Waals surface area contributed by atoms with Crippen molar-refractivity contribution in [2.45, 2.75) is 30.2 Å². The number of carbonyl (C=O) groups excluding carboxylic acids is 3. The fourth-order valence-corrected chi connectivity index (χ4v) is 3.30. The number of piperidine rings is 1. The third-order valence-electron chi connectivity index (χ3n) is 3.92. The van der Waals surface area contributed by atoms with Gasteiger partial charge in [0.2, 0.25) is 5.91 Å². The van der Waals surface area contributed by atoms with Crippen LogP contribution in [-0.4, -0.2) is 54.7 Å². The van der Waals surface area contributed by atoms with Crippen LogP contribution in [0.5, 0.6) is 5.75 Å². The molecule has 136 valence electrons. The summed E-state index contributed by atoms with van der Waals surface area (Å²) in [5.41, 5.74) is 5.33. The second kappa shape index (κ2) is 9.31. The van der Waals surface area contributed by atoms with Crippen LogP contribution in [0, 0.1) is 0 Å². The zero-order chi connectivity index (χ0) is 18.2. The fourth-order valence-electron chi connectivity index (χ4n) is 2.61. The monoisotopic (exact) mass is 366 g/mol. The molecule has 1 fully saturated rings. The number of nitrogens with two attached hydrogens (primary N) is 1.